The van der Waals surface area contributed by atoms with Crippen LogP contribution in [0.2, 0.25) is 0 Å². The van der Waals surface area contributed by atoms with Gasteiger partial charge in [0, 0.05) is 31.8 Å². The number of methoxy groups -OCH3 is 2. The molecule has 9 heteroatoms. The molecule has 0 radical (unpaired) electrons. The fraction of sp³-hybridized carbons (Fsp3) is 0.457. The third kappa shape index (κ3) is 9.19. The highest BCUT2D eigenvalue weighted by Crippen LogP contribution is 2.37. The van der Waals surface area contributed by atoms with Gasteiger partial charge in [-0.15, -0.1) is 0 Å². The van der Waals surface area contributed by atoms with Crippen molar-refractivity contribution in [3.05, 3.63) is 77.4 Å². The van der Waals surface area contributed by atoms with Crippen LogP contribution in [0.3, 0.4) is 0 Å². The summed E-state index contributed by atoms with van der Waals surface area (Å²) in [5, 5.41) is 3.04. The SMILES string of the molecule is COc1cc(OCc2cccc(-c3ccccc3)c2C)cc(OC)c1CN1CCCCC1C(=O)NCCOCCOCCN. The van der Waals surface area contributed by atoms with Crippen LogP contribution < -0.4 is 25.3 Å². The van der Waals surface area contributed by atoms with Crippen LogP contribution >= 0.6 is 0 Å². The summed E-state index contributed by atoms with van der Waals surface area (Å²) >= 11 is 0. The maximum absolute atomic E-state index is 13.2. The largest absolute Gasteiger partial charge is 0.496 e. The zero-order valence-corrected chi connectivity index (χ0v) is 26.3. The normalized spacial score (nSPS) is 15.1. The first-order valence-electron chi connectivity index (χ1n) is 15.4. The summed E-state index contributed by atoms with van der Waals surface area (Å²) in [6.45, 7) is 6.75. The summed E-state index contributed by atoms with van der Waals surface area (Å²) in [6.07, 6.45) is 2.84. The molecule has 0 saturated carbocycles. The number of rotatable bonds is 17. The van der Waals surface area contributed by atoms with Crippen molar-refractivity contribution >= 4 is 5.91 Å². The number of carbonyl (C=O) groups excluding carboxylic acids is 1. The number of carbonyl (C=O) groups is 1. The van der Waals surface area contributed by atoms with E-state index in [2.05, 4.69) is 59.6 Å². The Labute approximate surface area is 261 Å². The number of nitrogens with two attached hydrogens (primary N) is 1. The summed E-state index contributed by atoms with van der Waals surface area (Å²) in [6, 6.07) is 20.2. The summed E-state index contributed by atoms with van der Waals surface area (Å²) < 4.78 is 28.8. The molecular weight excluding hydrogens is 558 g/mol. The van der Waals surface area contributed by atoms with Crippen LogP contribution in [0.15, 0.2) is 60.7 Å². The average Bonchev–Trinajstić information content (AvgIpc) is 3.06. The highest BCUT2D eigenvalue weighted by Gasteiger charge is 2.30. The van der Waals surface area contributed by atoms with E-state index in [1.807, 2.05) is 18.2 Å². The van der Waals surface area contributed by atoms with Gasteiger partial charge in [0.1, 0.15) is 23.9 Å². The van der Waals surface area contributed by atoms with Gasteiger partial charge in [0.15, 0.2) is 0 Å². The predicted molar refractivity (Wildman–Crippen MR) is 172 cm³/mol. The van der Waals surface area contributed by atoms with Crippen LogP contribution in [0, 0.1) is 6.92 Å². The summed E-state index contributed by atoms with van der Waals surface area (Å²) in [7, 11) is 3.30. The smallest absolute Gasteiger partial charge is 0.237 e. The predicted octanol–water partition coefficient (Wildman–Crippen LogP) is 4.72. The minimum Gasteiger partial charge on any atom is -0.496 e. The number of hydrogen-bond donors (Lipinski definition) is 2. The minimum absolute atomic E-state index is 0.0127. The molecule has 44 heavy (non-hydrogen) atoms. The highest BCUT2D eigenvalue weighted by molar-refractivity contribution is 5.81. The zero-order chi connectivity index (χ0) is 31.1. The Morgan fingerprint density at radius 3 is 2.36 bits per heavy atom. The Morgan fingerprint density at radius 1 is 0.932 bits per heavy atom. The fourth-order valence-electron chi connectivity index (χ4n) is 5.58. The van der Waals surface area contributed by atoms with Crippen LogP contribution in [-0.2, 0) is 27.4 Å². The zero-order valence-electron chi connectivity index (χ0n) is 26.3. The van der Waals surface area contributed by atoms with Gasteiger partial charge >= 0.3 is 0 Å². The van der Waals surface area contributed by atoms with E-state index in [9.17, 15) is 4.79 Å². The van der Waals surface area contributed by atoms with Crippen LogP contribution in [0.1, 0.15) is 36.0 Å². The number of ether oxygens (including phenoxy) is 5. The molecule has 0 aromatic heterocycles. The summed E-state index contributed by atoms with van der Waals surface area (Å²) in [5.41, 5.74) is 11.0. The van der Waals surface area contributed by atoms with E-state index >= 15 is 0 Å². The van der Waals surface area contributed by atoms with Crippen molar-refractivity contribution in [2.75, 3.05) is 60.3 Å². The molecule has 1 fully saturated rings. The second-order valence-electron chi connectivity index (χ2n) is 10.8. The molecule has 4 rings (SSSR count). The Bertz CT molecular complexity index is 1290. The molecular formula is C35H47N3O6. The van der Waals surface area contributed by atoms with E-state index in [4.69, 9.17) is 29.4 Å². The Hall–Kier alpha value is -3.63. The van der Waals surface area contributed by atoms with E-state index in [-0.39, 0.29) is 11.9 Å². The van der Waals surface area contributed by atoms with Crippen molar-refractivity contribution in [1.29, 1.82) is 0 Å². The topological polar surface area (TPSA) is 105 Å². The van der Waals surface area contributed by atoms with Gasteiger partial charge in [-0.1, -0.05) is 55.0 Å². The monoisotopic (exact) mass is 605 g/mol. The Morgan fingerprint density at radius 2 is 1.66 bits per heavy atom. The van der Waals surface area contributed by atoms with Crippen LogP contribution in [0.5, 0.6) is 17.2 Å². The molecule has 1 heterocycles. The van der Waals surface area contributed by atoms with Gasteiger partial charge in [-0.3, -0.25) is 9.69 Å². The van der Waals surface area contributed by atoms with Crippen LogP contribution in [0.25, 0.3) is 11.1 Å². The molecule has 238 valence electrons. The lowest BCUT2D eigenvalue weighted by molar-refractivity contribution is -0.128. The van der Waals surface area contributed by atoms with Gasteiger partial charge in [0.2, 0.25) is 5.91 Å². The third-order valence-corrected chi connectivity index (χ3v) is 7.96. The number of piperidine rings is 1. The highest BCUT2D eigenvalue weighted by atomic mass is 16.5. The fourth-order valence-corrected chi connectivity index (χ4v) is 5.58. The number of nitrogens with zero attached hydrogens (tertiary/aromatic N) is 1. The quantitative estimate of drug-likeness (QED) is 0.213. The maximum Gasteiger partial charge on any atom is 0.237 e. The molecule has 3 N–H and O–H groups in total. The molecule has 3 aromatic carbocycles. The third-order valence-electron chi connectivity index (χ3n) is 7.96. The van der Waals surface area contributed by atoms with Crippen LogP contribution in [0.4, 0.5) is 0 Å². The number of likely N-dealkylation sites (tertiary alicyclic amines) is 1. The van der Waals surface area contributed by atoms with Crippen molar-refractivity contribution in [2.24, 2.45) is 5.73 Å². The molecule has 9 nitrogen and oxygen atoms in total. The molecule has 0 bridgehead atoms. The average molecular weight is 606 g/mol. The number of nitrogens with one attached hydrogen (secondary N) is 1. The second kappa shape index (κ2) is 17.6. The van der Waals surface area contributed by atoms with Crippen molar-refractivity contribution < 1.29 is 28.5 Å². The molecule has 1 atom stereocenters. The molecule has 1 unspecified atom stereocenters. The number of benzene rings is 3. The molecule has 0 spiro atoms. The lowest BCUT2D eigenvalue weighted by Crippen LogP contribution is -2.49. The van der Waals surface area contributed by atoms with Gasteiger partial charge in [0.25, 0.3) is 0 Å². The summed E-state index contributed by atoms with van der Waals surface area (Å²) in [4.78, 5) is 15.4. The standard InChI is InChI=1S/C35H47N3O6/c1-26-28(12-9-13-30(26)27-10-5-4-6-11-27)25-44-29-22-33(40-2)31(34(23-29)41-3)24-38-17-8-7-14-32(38)35(39)37-16-19-43-21-20-42-18-15-36/h4-6,9-13,22-23,32H,7-8,14-21,24-25,36H2,1-3H3,(H,37,39). The van der Waals surface area contributed by atoms with Crippen molar-refractivity contribution in [2.45, 2.75) is 45.4 Å². The Kier molecular flexibility index (Phi) is 13.3. The van der Waals surface area contributed by atoms with Gasteiger partial charge in [-0.2, -0.15) is 0 Å². The second-order valence-corrected chi connectivity index (χ2v) is 10.8. The van der Waals surface area contributed by atoms with Crippen molar-refractivity contribution in [1.82, 2.24) is 10.2 Å². The molecule has 1 aliphatic rings. The van der Waals surface area contributed by atoms with Gasteiger partial charge in [-0.25, -0.2) is 0 Å². The first-order chi connectivity index (χ1) is 21.5. The van der Waals surface area contributed by atoms with E-state index in [1.54, 1.807) is 14.2 Å². The van der Waals surface area contributed by atoms with Crippen molar-refractivity contribution in [3.8, 4) is 28.4 Å². The molecule has 1 amide bonds. The van der Waals surface area contributed by atoms with E-state index < -0.39 is 0 Å². The molecule has 1 saturated heterocycles. The number of amides is 1. The molecule has 3 aromatic rings. The lowest BCUT2D eigenvalue weighted by atomic mass is 9.97. The number of hydrogen-bond acceptors (Lipinski definition) is 8. The van der Waals surface area contributed by atoms with E-state index in [1.165, 1.54) is 16.7 Å². The lowest BCUT2D eigenvalue weighted by Gasteiger charge is -2.35. The molecule has 1 aliphatic heterocycles. The van der Waals surface area contributed by atoms with Gasteiger partial charge < -0.3 is 34.7 Å². The van der Waals surface area contributed by atoms with Crippen molar-refractivity contribution in [3.63, 3.8) is 0 Å². The Balaban J connectivity index is 1.39. The first-order valence-corrected chi connectivity index (χ1v) is 15.4. The first kappa shape index (κ1) is 33.3. The maximum atomic E-state index is 13.2. The van der Waals surface area contributed by atoms with Gasteiger partial charge in [-0.05, 0) is 48.6 Å². The summed E-state index contributed by atoms with van der Waals surface area (Å²) in [5.74, 6) is 2.01. The van der Waals surface area contributed by atoms with Gasteiger partial charge in [0.05, 0.1) is 52.3 Å². The molecule has 0 aliphatic carbocycles. The van der Waals surface area contributed by atoms with E-state index in [0.29, 0.717) is 69.9 Å². The van der Waals surface area contributed by atoms with Crippen LogP contribution in [-0.4, -0.2) is 77.1 Å². The van der Waals surface area contributed by atoms with E-state index in [0.717, 1.165) is 36.9 Å². The minimum atomic E-state index is -0.234.